The third-order valence-electron chi connectivity index (χ3n) is 3.94. The van der Waals surface area contributed by atoms with E-state index < -0.39 is 11.7 Å². The molecule has 29 heavy (non-hydrogen) atoms. The van der Waals surface area contributed by atoms with Crippen molar-refractivity contribution in [1.29, 1.82) is 0 Å². The molecule has 9 nitrogen and oxygen atoms in total. The Balaban J connectivity index is 2.40. The zero-order chi connectivity index (χ0) is 21.2. The van der Waals surface area contributed by atoms with E-state index in [0.717, 1.165) is 0 Å². The average Bonchev–Trinajstić information content (AvgIpc) is 2.72. The van der Waals surface area contributed by atoms with Crippen LogP contribution in [0.5, 0.6) is 0 Å². The van der Waals surface area contributed by atoms with Crippen molar-refractivity contribution in [1.82, 2.24) is 0 Å². The first kappa shape index (κ1) is 25.9. The molecule has 0 aliphatic heterocycles. The van der Waals surface area contributed by atoms with Gasteiger partial charge in [-0.05, 0) is 13.0 Å². The maximum absolute atomic E-state index is 12.1. The number of aliphatic hydroxyl groups is 2. The molecule has 0 aromatic carbocycles. The standard InChI is InChI=1S/C20H34O9/c1-18(23)19-4-2-3-5-20(19,28-16-14-26-12-10-24-8-6-21)29-17-15-27-13-11-25-9-7-22/h2-5,19,21-22H,6-17H2,1H3. The van der Waals surface area contributed by atoms with Crippen LogP contribution >= 0.6 is 0 Å². The van der Waals surface area contributed by atoms with Gasteiger partial charge in [0.05, 0.1) is 85.2 Å². The lowest BCUT2D eigenvalue weighted by molar-refractivity contribution is -0.233. The minimum absolute atomic E-state index is 0.0192. The number of hydrogen-bond donors (Lipinski definition) is 2. The molecule has 0 radical (unpaired) electrons. The normalized spacial score (nSPS) is 17.7. The molecule has 0 amide bonds. The molecule has 1 rings (SSSR count). The van der Waals surface area contributed by atoms with Crippen LogP contribution in [0, 0.1) is 5.92 Å². The molecule has 9 heteroatoms. The fourth-order valence-corrected chi connectivity index (χ4v) is 2.63. The highest BCUT2D eigenvalue weighted by Gasteiger charge is 2.41. The first-order chi connectivity index (χ1) is 14.2. The van der Waals surface area contributed by atoms with Crippen LogP contribution in [0.2, 0.25) is 0 Å². The van der Waals surface area contributed by atoms with Crippen molar-refractivity contribution in [2.45, 2.75) is 12.7 Å². The average molecular weight is 418 g/mol. The number of carbonyl (C=O) groups is 1. The Morgan fingerprint density at radius 2 is 1.21 bits per heavy atom. The van der Waals surface area contributed by atoms with E-state index in [1.807, 2.05) is 0 Å². The molecular formula is C20H34O9. The third kappa shape index (κ3) is 11.0. The molecule has 0 heterocycles. The summed E-state index contributed by atoms with van der Waals surface area (Å²) >= 11 is 0. The molecule has 0 spiro atoms. The van der Waals surface area contributed by atoms with Crippen LogP contribution < -0.4 is 0 Å². The molecule has 0 fully saturated rings. The van der Waals surface area contributed by atoms with Gasteiger partial charge in [0.25, 0.3) is 0 Å². The van der Waals surface area contributed by atoms with E-state index in [1.165, 1.54) is 6.92 Å². The summed E-state index contributed by atoms with van der Waals surface area (Å²) in [4.78, 5) is 12.1. The van der Waals surface area contributed by atoms with Crippen molar-refractivity contribution in [3.05, 3.63) is 24.3 Å². The van der Waals surface area contributed by atoms with E-state index in [4.69, 9.17) is 38.6 Å². The minimum atomic E-state index is -1.20. The van der Waals surface area contributed by atoms with Crippen LogP contribution in [0.1, 0.15) is 6.92 Å². The van der Waals surface area contributed by atoms with Gasteiger partial charge >= 0.3 is 0 Å². The second-order valence-corrected chi connectivity index (χ2v) is 6.15. The van der Waals surface area contributed by atoms with Crippen molar-refractivity contribution in [3.8, 4) is 0 Å². The Labute approximate surface area is 172 Å². The third-order valence-corrected chi connectivity index (χ3v) is 3.94. The van der Waals surface area contributed by atoms with E-state index in [9.17, 15) is 4.79 Å². The number of rotatable bonds is 19. The number of hydrogen-bond acceptors (Lipinski definition) is 9. The molecule has 168 valence electrons. The largest absolute Gasteiger partial charge is 0.394 e. The summed E-state index contributed by atoms with van der Waals surface area (Å²) in [6.07, 6.45) is 7.07. The summed E-state index contributed by atoms with van der Waals surface area (Å²) < 4.78 is 33.0. The summed E-state index contributed by atoms with van der Waals surface area (Å²) in [6, 6.07) is 0. The van der Waals surface area contributed by atoms with E-state index >= 15 is 0 Å². The lowest BCUT2D eigenvalue weighted by atomic mass is 9.90. The lowest BCUT2D eigenvalue weighted by Crippen LogP contribution is -2.46. The van der Waals surface area contributed by atoms with E-state index in [1.54, 1.807) is 24.3 Å². The van der Waals surface area contributed by atoms with Crippen LogP contribution in [0.3, 0.4) is 0 Å². The van der Waals surface area contributed by atoms with Gasteiger partial charge in [0.15, 0.2) is 0 Å². The van der Waals surface area contributed by atoms with Gasteiger partial charge in [-0.1, -0.05) is 18.2 Å². The van der Waals surface area contributed by atoms with Crippen LogP contribution in [-0.2, 0) is 33.2 Å². The maximum atomic E-state index is 12.1. The van der Waals surface area contributed by atoms with Gasteiger partial charge in [-0.15, -0.1) is 0 Å². The number of allylic oxidation sites excluding steroid dienone is 2. The topological polar surface area (TPSA) is 113 Å². The van der Waals surface area contributed by atoms with Gasteiger partial charge < -0.3 is 38.6 Å². The summed E-state index contributed by atoms with van der Waals surface area (Å²) in [5.74, 6) is -1.83. The Bertz CT molecular complexity index is 459. The van der Waals surface area contributed by atoms with Gasteiger partial charge in [-0.25, -0.2) is 0 Å². The molecule has 0 bridgehead atoms. The van der Waals surface area contributed by atoms with Crippen molar-refractivity contribution < 1.29 is 43.4 Å². The molecule has 0 aromatic heterocycles. The number of aliphatic hydroxyl groups excluding tert-OH is 2. The SMILES string of the molecule is CC(=O)C1C=CC=CC1(OCCOCCOCCO)OCCOCCOCCO. The van der Waals surface area contributed by atoms with E-state index in [2.05, 4.69) is 0 Å². The first-order valence-electron chi connectivity index (χ1n) is 9.83. The summed E-state index contributed by atoms with van der Waals surface area (Å²) in [6.45, 7) is 4.67. The zero-order valence-corrected chi connectivity index (χ0v) is 17.1. The summed E-state index contributed by atoms with van der Waals surface area (Å²) in [7, 11) is 0. The first-order valence-corrected chi connectivity index (χ1v) is 9.83. The van der Waals surface area contributed by atoms with Crippen LogP contribution in [0.15, 0.2) is 24.3 Å². The van der Waals surface area contributed by atoms with E-state index in [0.29, 0.717) is 39.6 Å². The van der Waals surface area contributed by atoms with Gasteiger partial charge in [0.1, 0.15) is 5.78 Å². The van der Waals surface area contributed by atoms with E-state index in [-0.39, 0.29) is 45.4 Å². The van der Waals surface area contributed by atoms with Crippen molar-refractivity contribution in [2.24, 2.45) is 5.92 Å². The number of ketones is 1. The Morgan fingerprint density at radius 1 is 0.759 bits per heavy atom. The van der Waals surface area contributed by atoms with Crippen LogP contribution in [-0.4, -0.2) is 101 Å². The maximum Gasteiger partial charge on any atom is 0.201 e. The van der Waals surface area contributed by atoms with Gasteiger partial charge in [-0.3, -0.25) is 4.79 Å². The predicted molar refractivity (Wildman–Crippen MR) is 105 cm³/mol. The Kier molecular flexibility index (Phi) is 14.8. The Hall–Kier alpha value is -1.17. The van der Waals surface area contributed by atoms with Crippen LogP contribution in [0.25, 0.3) is 0 Å². The van der Waals surface area contributed by atoms with Gasteiger partial charge in [-0.2, -0.15) is 0 Å². The second-order valence-electron chi connectivity index (χ2n) is 6.15. The molecule has 0 aromatic rings. The van der Waals surface area contributed by atoms with Crippen molar-refractivity contribution >= 4 is 5.78 Å². The quantitative estimate of drug-likeness (QED) is 0.223. The summed E-state index contributed by atoms with van der Waals surface area (Å²) in [5, 5.41) is 17.3. The monoisotopic (exact) mass is 418 g/mol. The van der Waals surface area contributed by atoms with Crippen molar-refractivity contribution in [3.63, 3.8) is 0 Å². The molecular weight excluding hydrogens is 384 g/mol. The molecule has 1 unspecified atom stereocenters. The molecule has 0 saturated heterocycles. The molecule has 0 saturated carbocycles. The predicted octanol–water partition coefficient (Wildman–Crippen LogP) is 0.0981. The number of carbonyl (C=O) groups excluding carboxylic acids is 1. The van der Waals surface area contributed by atoms with Crippen molar-refractivity contribution in [2.75, 3.05) is 79.3 Å². The lowest BCUT2D eigenvalue weighted by Gasteiger charge is -2.37. The number of ether oxygens (including phenoxy) is 6. The van der Waals surface area contributed by atoms with Gasteiger partial charge in [0.2, 0.25) is 5.79 Å². The molecule has 1 aliphatic carbocycles. The second kappa shape index (κ2) is 16.6. The smallest absolute Gasteiger partial charge is 0.201 e. The molecule has 1 atom stereocenters. The zero-order valence-electron chi connectivity index (χ0n) is 17.1. The van der Waals surface area contributed by atoms with Gasteiger partial charge in [0, 0.05) is 0 Å². The fourth-order valence-electron chi connectivity index (χ4n) is 2.63. The van der Waals surface area contributed by atoms with Crippen LogP contribution in [0.4, 0.5) is 0 Å². The highest BCUT2D eigenvalue weighted by molar-refractivity contribution is 5.82. The molecule has 1 aliphatic rings. The highest BCUT2D eigenvalue weighted by atomic mass is 16.7. The highest BCUT2D eigenvalue weighted by Crippen LogP contribution is 2.31. The Morgan fingerprint density at radius 3 is 1.66 bits per heavy atom. The minimum Gasteiger partial charge on any atom is -0.394 e. The molecule has 2 N–H and O–H groups in total. The fraction of sp³-hybridized carbons (Fsp3) is 0.750. The summed E-state index contributed by atoms with van der Waals surface area (Å²) in [5.41, 5.74) is 0. The number of Topliss-reactive ketones (excluding diaryl/α,β-unsaturated/α-hetero) is 1.